The van der Waals surface area contributed by atoms with Gasteiger partial charge >= 0.3 is 0 Å². The second-order valence-corrected chi connectivity index (χ2v) is 6.90. The Balaban J connectivity index is 2.25. The molecule has 0 fully saturated rings. The molecular formula is C15H11NO6S. The molecule has 0 saturated carbocycles. The van der Waals surface area contributed by atoms with Gasteiger partial charge in [-0.2, -0.15) is 0 Å². The lowest BCUT2D eigenvalue weighted by atomic mass is 9.83. The van der Waals surface area contributed by atoms with Crippen molar-refractivity contribution in [3.8, 4) is 11.5 Å². The molecule has 23 heavy (non-hydrogen) atoms. The highest BCUT2D eigenvalue weighted by molar-refractivity contribution is 7.92. The topological polar surface area (TPSA) is 121 Å². The average Bonchev–Trinajstić information content (AvgIpc) is 2.42. The number of ketones is 2. The van der Waals surface area contributed by atoms with Crippen LogP contribution in [0, 0.1) is 0 Å². The number of anilines is 1. The molecule has 0 amide bonds. The maximum absolute atomic E-state index is 12.5. The first-order chi connectivity index (χ1) is 10.7. The summed E-state index contributed by atoms with van der Waals surface area (Å²) in [6, 6.07) is 6.29. The van der Waals surface area contributed by atoms with E-state index in [1.54, 1.807) is 0 Å². The second-order valence-electron chi connectivity index (χ2n) is 5.15. The number of fused-ring (bicyclic) bond motifs is 2. The number of benzene rings is 2. The van der Waals surface area contributed by atoms with Crippen molar-refractivity contribution < 1.29 is 28.2 Å². The summed E-state index contributed by atoms with van der Waals surface area (Å²) in [5, 5.41) is 19.9. The number of phenolic OH excluding ortho intramolecular Hbond substituents is 2. The molecule has 7 nitrogen and oxygen atoms in total. The van der Waals surface area contributed by atoms with Crippen molar-refractivity contribution in [3.05, 3.63) is 52.6 Å². The smallest absolute Gasteiger partial charge is 0.229 e. The molecule has 8 heteroatoms. The number of nitrogens with one attached hydrogen (secondary N) is 1. The van der Waals surface area contributed by atoms with Crippen molar-refractivity contribution >= 4 is 27.3 Å². The molecule has 0 heterocycles. The number of carbonyl (C=O) groups excluding carboxylic acids is 2. The molecule has 2 aromatic carbocycles. The molecule has 0 aromatic heterocycles. The lowest BCUT2D eigenvalue weighted by Crippen LogP contribution is -2.22. The molecule has 1 aliphatic carbocycles. The first-order valence-electron chi connectivity index (χ1n) is 6.45. The highest BCUT2D eigenvalue weighted by Crippen LogP contribution is 2.38. The van der Waals surface area contributed by atoms with Crippen LogP contribution in [0.25, 0.3) is 0 Å². The lowest BCUT2D eigenvalue weighted by molar-refractivity contribution is 0.0974. The Morgan fingerprint density at radius 3 is 2.22 bits per heavy atom. The number of hydrogen-bond acceptors (Lipinski definition) is 6. The summed E-state index contributed by atoms with van der Waals surface area (Å²) in [4.78, 5) is 25.0. The van der Waals surface area contributed by atoms with E-state index in [0.29, 0.717) is 0 Å². The number of hydrogen-bond donors (Lipinski definition) is 3. The standard InChI is InChI=1S/C15H11NO6S/c1-23(21,22)16-7-5-9-13(11(18)6-7)15(20)12-8(14(9)19)3-2-4-10(12)17/h2-6,16-18H,1H3. The van der Waals surface area contributed by atoms with E-state index in [9.17, 15) is 28.2 Å². The van der Waals surface area contributed by atoms with Crippen LogP contribution in [0.4, 0.5) is 5.69 Å². The van der Waals surface area contributed by atoms with Crippen molar-refractivity contribution in [1.82, 2.24) is 0 Å². The highest BCUT2D eigenvalue weighted by Gasteiger charge is 2.34. The van der Waals surface area contributed by atoms with E-state index < -0.39 is 27.3 Å². The van der Waals surface area contributed by atoms with E-state index in [4.69, 9.17) is 0 Å². The average molecular weight is 333 g/mol. The zero-order chi connectivity index (χ0) is 16.9. The van der Waals surface area contributed by atoms with Crippen LogP contribution in [0.15, 0.2) is 30.3 Å². The zero-order valence-corrected chi connectivity index (χ0v) is 12.6. The maximum atomic E-state index is 12.5. The van der Waals surface area contributed by atoms with Crippen LogP contribution in [0.2, 0.25) is 0 Å². The van der Waals surface area contributed by atoms with Gasteiger partial charge in [-0.1, -0.05) is 12.1 Å². The van der Waals surface area contributed by atoms with Crippen LogP contribution in [-0.4, -0.2) is 36.5 Å². The second kappa shape index (κ2) is 4.82. The quantitative estimate of drug-likeness (QED) is 0.649. The Hall–Kier alpha value is -2.87. The van der Waals surface area contributed by atoms with E-state index in [-0.39, 0.29) is 33.7 Å². The zero-order valence-electron chi connectivity index (χ0n) is 11.8. The molecule has 3 N–H and O–H groups in total. The Kier molecular flexibility index (Phi) is 3.15. The van der Waals surface area contributed by atoms with Crippen LogP contribution in [0.3, 0.4) is 0 Å². The van der Waals surface area contributed by atoms with E-state index in [1.165, 1.54) is 24.3 Å². The van der Waals surface area contributed by atoms with Crippen LogP contribution in [0.1, 0.15) is 31.8 Å². The van der Waals surface area contributed by atoms with Gasteiger partial charge in [-0.3, -0.25) is 14.3 Å². The van der Waals surface area contributed by atoms with E-state index in [1.807, 2.05) is 0 Å². The number of carbonyl (C=O) groups is 2. The maximum Gasteiger partial charge on any atom is 0.229 e. The van der Waals surface area contributed by atoms with Crippen molar-refractivity contribution in [2.45, 2.75) is 0 Å². The van der Waals surface area contributed by atoms with Crippen molar-refractivity contribution in [3.63, 3.8) is 0 Å². The van der Waals surface area contributed by atoms with Gasteiger partial charge in [0.05, 0.1) is 23.1 Å². The predicted octanol–water partition coefficient (Wildman–Crippen LogP) is 1.24. The summed E-state index contributed by atoms with van der Waals surface area (Å²) < 4.78 is 24.7. The van der Waals surface area contributed by atoms with Gasteiger partial charge in [0.25, 0.3) is 0 Å². The lowest BCUT2D eigenvalue weighted by Gasteiger charge is -2.20. The predicted molar refractivity (Wildman–Crippen MR) is 81.5 cm³/mol. The van der Waals surface area contributed by atoms with Gasteiger partial charge in [0, 0.05) is 17.2 Å². The molecular weight excluding hydrogens is 322 g/mol. The van der Waals surface area contributed by atoms with Crippen molar-refractivity contribution in [2.24, 2.45) is 0 Å². The van der Waals surface area contributed by atoms with E-state index in [0.717, 1.165) is 12.3 Å². The highest BCUT2D eigenvalue weighted by atomic mass is 32.2. The number of sulfonamides is 1. The van der Waals surface area contributed by atoms with Crippen LogP contribution in [0.5, 0.6) is 11.5 Å². The Morgan fingerprint density at radius 1 is 0.913 bits per heavy atom. The van der Waals surface area contributed by atoms with E-state index in [2.05, 4.69) is 4.72 Å². The van der Waals surface area contributed by atoms with Gasteiger partial charge in [0.1, 0.15) is 11.5 Å². The third kappa shape index (κ3) is 2.42. The summed E-state index contributed by atoms with van der Waals surface area (Å²) in [6.07, 6.45) is 0.920. The normalized spacial score (nSPS) is 13.4. The summed E-state index contributed by atoms with van der Waals surface area (Å²) in [6.45, 7) is 0. The van der Waals surface area contributed by atoms with Gasteiger partial charge in [-0.15, -0.1) is 0 Å². The summed E-state index contributed by atoms with van der Waals surface area (Å²) >= 11 is 0. The molecule has 0 atom stereocenters. The fourth-order valence-corrected chi connectivity index (χ4v) is 3.10. The number of rotatable bonds is 2. The molecule has 1 aliphatic rings. The molecule has 0 saturated heterocycles. The van der Waals surface area contributed by atoms with Crippen LogP contribution in [-0.2, 0) is 10.0 Å². The number of phenols is 2. The van der Waals surface area contributed by atoms with Crippen LogP contribution < -0.4 is 4.72 Å². The van der Waals surface area contributed by atoms with Crippen molar-refractivity contribution in [1.29, 1.82) is 0 Å². The fraction of sp³-hybridized carbons (Fsp3) is 0.0667. The van der Waals surface area contributed by atoms with Crippen molar-refractivity contribution in [2.75, 3.05) is 11.0 Å². The minimum Gasteiger partial charge on any atom is -0.507 e. The summed E-state index contributed by atoms with van der Waals surface area (Å²) in [5.41, 5.74) is -0.599. The largest absolute Gasteiger partial charge is 0.507 e. The Morgan fingerprint density at radius 2 is 1.57 bits per heavy atom. The van der Waals surface area contributed by atoms with Gasteiger partial charge in [-0.05, 0) is 12.1 Å². The molecule has 0 radical (unpaired) electrons. The summed E-state index contributed by atoms with van der Waals surface area (Å²) in [5.74, 6) is -2.18. The third-order valence-electron chi connectivity index (χ3n) is 3.41. The Bertz CT molecular complexity index is 978. The molecule has 0 unspecified atom stereocenters. The fourth-order valence-electron chi connectivity index (χ4n) is 2.56. The van der Waals surface area contributed by atoms with Gasteiger partial charge < -0.3 is 10.2 Å². The minimum absolute atomic E-state index is 0.00148. The van der Waals surface area contributed by atoms with Crippen LogP contribution >= 0.6 is 0 Å². The number of aromatic hydroxyl groups is 2. The molecule has 0 bridgehead atoms. The molecule has 118 valence electrons. The molecule has 0 spiro atoms. The first-order valence-corrected chi connectivity index (χ1v) is 8.34. The monoisotopic (exact) mass is 333 g/mol. The molecule has 2 aromatic rings. The van der Waals surface area contributed by atoms with Gasteiger partial charge in [0.15, 0.2) is 5.78 Å². The molecule has 3 rings (SSSR count). The first kappa shape index (κ1) is 15.0. The summed E-state index contributed by atoms with van der Waals surface area (Å²) in [7, 11) is -3.62. The minimum atomic E-state index is -3.62. The van der Waals surface area contributed by atoms with Gasteiger partial charge in [-0.25, -0.2) is 8.42 Å². The van der Waals surface area contributed by atoms with E-state index >= 15 is 0 Å². The van der Waals surface area contributed by atoms with Gasteiger partial charge in [0.2, 0.25) is 15.8 Å². The Labute approximate surface area is 131 Å². The third-order valence-corrected chi connectivity index (χ3v) is 4.01. The SMILES string of the molecule is CS(=O)(=O)Nc1cc(O)c2c(c1)C(=O)c1cccc(O)c1C2=O. The molecule has 0 aliphatic heterocycles.